The van der Waals surface area contributed by atoms with E-state index in [1.807, 2.05) is 0 Å². The van der Waals surface area contributed by atoms with Gasteiger partial charge in [-0.05, 0) is 49.6 Å². The summed E-state index contributed by atoms with van der Waals surface area (Å²) in [6.07, 6.45) is 5.51. The molecular weight excluding hydrogens is 220 g/mol. The fourth-order valence-electron chi connectivity index (χ4n) is 3.57. The van der Waals surface area contributed by atoms with E-state index < -0.39 is 0 Å². The molecule has 2 rings (SSSR count). The van der Waals surface area contributed by atoms with Crippen molar-refractivity contribution in [2.45, 2.75) is 72.4 Å². The molecule has 0 radical (unpaired) electrons. The van der Waals surface area contributed by atoms with E-state index in [0.717, 1.165) is 6.04 Å². The van der Waals surface area contributed by atoms with Crippen molar-refractivity contribution in [3.05, 3.63) is 0 Å². The van der Waals surface area contributed by atoms with Gasteiger partial charge in [0, 0.05) is 18.6 Å². The maximum Gasteiger partial charge on any atom is 0.0243 e. The lowest BCUT2D eigenvalue weighted by atomic mass is 9.86. The smallest absolute Gasteiger partial charge is 0.0243 e. The topological polar surface area (TPSA) is 15.3 Å². The SMILES string of the molecule is CC1(C)CCC(N2CCCNC(C(C)(C)C)C2)C1. The van der Waals surface area contributed by atoms with Crippen molar-refractivity contribution in [1.82, 2.24) is 10.2 Å². The molecule has 1 N–H and O–H groups in total. The summed E-state index contributed by atoms with van der Waals surface area (Å²) in [6.45, 7) is 15.7. The molecule has 0 bridgehead atoms. The molecule has 0 amide bonds. The Balaban J connectivity index is 2.00. The minimum absolute atomic E-state index is 0.372. The summed E-state index contributed by atoms with van der Waals surface area (Å²) in [4.78, 5) is 2.78. The molecule has 2 atom stereocenters. The Morgan fingerprint density at radius 2 is 1.94 bits per heavy atom. The molecular formula is C16H32N2. The van der Waals surface area contributed by atoms with E-state index in [1.54, 1.807) is 0 Å². The summed E-state index contributed by atoms with van der Waals surface area (Å²) in [5, 5.41) is 3.75. The zero-order chi connectivity index (χ0) is 13.4. The lowest BCUT2D eigenvalue weighted by Crippen LogP contribution is -2.48. The van der Waals surface area contributed by atoms with Crippen molar-refractivity contribution >= 4 is 0 Å². The largest absolute Gasteiger partial charge is 0.312 e. The Morgan fingerprint density at radius 3 is 2.50 bits per heavy atom. The average molecular weight is 252 g/mol. The van der Waals surface area contributed by atoms with Crippen LogP contribution in [0.1, 0.15) is 60.3 Å². The summed E-state index contributed by atoms with van der Waals surface area (Å²) in [5.74, 6) is 0. The van der Waals surface area contributed by atoms with Crippen LogP contribution in [0.15, 0.2) is 0 Å². The van der Waals surface area contributed by atoms with E-state index in [-0.39, 0.29) is 0 Å². The van der Waals surface area contributed by atoms with Gasteiger partial charge in [-0.25, -0.2) is 0 Å². The highest BCUT2D eigenvalue weighted by molar-refractivity contribution is 4.93. The first-order valence-corrected chi connectivity index (χ1v) is 7.75. The van der Waals surface area contributed by atoms with Crippen LogP contribution < -0.4 is 5.32 Å². The fourth-order valence-corrected chi connectivity index (χ4v) is 3.57. The maximum absolute atomic E-state index is 3.75. The van der Waals surface area contributed by atoms with Gasteiger partial charge < -0.3 is 5.32 Å². The van der Waals surface area contributed by atoms with Crippen molar-refractivity contribution in [3.8, 4) is 0 Å². The van der Waals surface area contributed by atoms with Crippen molar-refractivity contribution in [2.75, 3.05) is 19.6 Å². The van der Waals surface area contributed by atoms with Crippen molar-refractivity contribution in [1.29, 1.82) is 0 Å². The van der Waals surface area contributed by atoms with Gasteiger partial charge >= 0.3 is 0 Å². The van der Waals surface area contributed by atoms with Crippen LogP contribution in [-0.2, 0) is 0 Å². The Bertz CT molecular complexity index is 277. The molecule has 1 saturated carbocycles. The fraction of sp³-hybridized carbons (Fsp3) is 1.00. The van der Waals surface area contributed by atoms with Crippen LogP contribution in [0, 0.1) is 10.8 Å². The van der Waals surface area contributed by atoms with E-state index in [2.05, 4.69) is 44.8 Å². The minimum atomic E-state index is 0.372. The van der Waals surface area contributed by atoms with Gasteiger partial charge in [0.25, 0.3) is 0 Å². The van der Waals surface area contributed by atoms with Crippen LogP contribution >= 0.6 is 0 Å². The van der Waals surface area contributed by atoms with Crippen LogP contribution in [-0.4, -0.2) is 36.6 Å². The molecule has 0 aromatic carbocycles. The summed E-state index contributed by atoms with van der Waals surface area (Å²) in [6, 6.07) is 1.48. The van der Waals surface area contributed by atoms with Crippen LogP contribution in [0.3, 0.4) is 0 Å². The van der Waals surface area contributed by atoms with Gasteiger partial charge in [0.05, 0.1) is 0 Å². The molecule has 1 aliphatic heterocycles. The van der Waals surface area contributed by atoms with Crippen LogP contribution in [0.5, 0.6) is 0 Å². The number of nitrogens with one attached hydrogen (secondary N) is 1. The van der Waals surface area contributed by atoms with E-state index in [9.17, 15) is 0 Å². The predicted molar refractivity (Wildman–Crippen MR) is 78.9 cm³/mol. The molecule has 106 valence electrons. The first-order valence-electron chi connectivity index (χ1n) is 7.75. The molecule has 18 heavy (non-hydrogen) atoms. The molecule has 1 heterocycles. The summed E-state index contributed by atoms with van der Waals surface area (Å²) in [5.41, 5.74) is 0.943. The third-order valence-corrected chi connectivity index (χ3v) is 4.93. The van der Waals surface area contributed by atoms with Crippen molar-refractivity contribution in [2.24, 2.45) is 10.8 Å². The van der Waals surface area contributed by atoms with E-state index >= 15 is 0 Å². The van der Waals surface area contributed by atoms with Gasteiger partial charge in [-0.1, -0.05) is 34.6 Å². The lowest BCUT2D eigenvalue weighted by Gasteiger charge is -2.36. The monoisotopic (exact) mass is 252 g/mol. The highest BCUT2D eigenvalue weighted by Crippen LogP contribution is 2.40. The molecule has 0 spiro atoms. The summed E-state index contributed by atoms with van der Waals surface area (Å²) >= 11 is 0. The number of hydrogen-bond donors (Lipinski definition) is 1. The maximum atomic E-state index is 3.75. The lowest BCUT2D eigenvalue weighted by molar-refractivity contribution is 0.148. The second-order valence-electron chi connectivity index (χ2n) is 8.28. The summed E-state index contributed by atoms with van der Waals surface area (Å²) < 4.78 is 0. The highest BCUT2D eigenvalue weighted by Gasteiger charge is 2.37. The number of hydrogen-bond acceptors (Lipinski definition) is 2. The van der Waals surface area contributed by atoms with Crippen molar-refractivity contribution < 1.29 is 0 Å². The average Bonchev–Trinajstić information content (AvgIpc) is 2.50. The van der Waals surface area contributed by atoms with Crippen LogP contribution in [0.25, 0.3) is 0 Å². The second kappa shape index (κ2) is 5.13. The van der Waals surface area contributed by atoms with Gasteiger partial charge in [0.15, 0.2) is 0 Å². The van der Waals surface area contributed by atoms with Crippen LogP contribution in [0.4, 0.5) is 0 Å². The molecule has 2 heteroatoms. The molecule has 2 fully saturated rings. The first-order chi connectivity index (χ1) is 8.28. The van der Waals surface area contributed by atoms with Gasteiger partial charge in [0.1, 0.15) is 0 Å². The van der Waals surface area contributed by atoms with Crippen LogP contribution in [0.2, 0.25) is 0 Å². The first kappa shape index (κ1) is 14.3. The third-order valence-electron chi connectivity index (χ3n) is 4.93. The molecule has 0 aromatic rings. The zero-order valence-corrected chi connectivity index (χ0v) is 13.1. The van der Waals surface area contributed by atoms with Crippen molar-refractivity contribution in [3.63, 3.8) is 0 Å². The Labute approximate surface area is 114 Å². The Kier molecular flexibility index (Phi) is 4.08. The third kappa shape index (κ3) is 3.48. The van der Waals surface area contributed by atoms with Gasteiger partial charge in [-0.2, -0.15) is 0 Å². The predicted octanol–water partition coefficient (Wildman–Crippen LogP) is 3.28. The number of rotatable bonds is 1. The molecule has 0 aromatic heterocycles. The quantitative estimate of drug-likeness (QED) is 0.770. The number of nitrogens with zero attached hydrogens (tertiary/aromatic N) is 1. The Hall–Kier alpha value is -0.0800. The molecule has 2 nitrogen and oxygen atoms in total. The van der Waals surface area contributed by atoms with E-state index in [4.69, 9.17) is 0 Å². The van der Waals surface area contributed by atoms with Gasteiger partial charge in [0.2, 0.25) is 0 Å². The van der Waals surface area contributed by atoms with E-state index in [1.165, 1.54) is 45.3 Å². The highest BCUT2D eigenvalue weighted by atomic mass is 15.2. The standard InChI is InChI=1S/C16H32N2/c1-15(2,3)14-12-18(10-6-9-17-14)13-7-8-16(4,5)11-13/h13-14,17H,6-12H2,1-5H3. The van der Waals surface area contributed by atoms with Gasteiger partial charge in [-0.3, -0.25) is 4.90 Å². The molecule has 2 aliphatic rings. The van der Waals surface area contributed by atoms with E-state index in [0.29, 0.717) is 16.9 Å². The minimum Gasteiger partial charge on any atom is -0.312 e. The molecule has 2 unspecified atom stereocenters. The Morgan fingerprint density at radius 1 is 1.22 bits per heavy atom. The molecule has 1 aliphatic carbocycles. The summed E-state index contributed by atoms with van der Waals surface area (Å²) in [7, 11) is 0. The normalized spacial score (nSPS) is 34.5. The molecule has 1 saturated heterocycles. The van der Waals surface area contributed by atoms with Gasteiger partial charge in [-0.15, -0.1) is 0 Å². The second-order valence-corrected chi connectivity index (χ2v) is 8.28. The zero-order valence-electron chi connectivity index (χ0n) is 13.1.